The lowest BCUT2D eigenvalue weighted by atomic mass is 9.99. The van der Waals surface area contributed by atoms with E-state index >= 15 is 0 Å². The van der Waals surface area contributed by atoms with E-state index in [4.69, 9.17) is 0 Å². The Balaban J connectivity index is 2.01. The summed E-state index contributed by atoms with van der Waals surface area (Å²) in [4.78, 5) is 15.5. The van der Waals surface area contributed by atoms with E-state index in [-0.39, 0.29) is 17.8 Å². The van der Waals surface area contributed by atoms with Crippen molar-refractivity contribution in [1.29, 1.82) is 0 Å². The summed E-state index contributed by atoms with van der Waals surface area (Å²) in [5, 5.41) is 3.62. The maximum absolute atomic E-state index is 13.9. The predicted octanol–water partition coefficient (Wildman–Crippen LogP) is 4.24. The van der Waals surface area contributed by atoms with Crippen LogP contribution in [0.5, 0.6) is 0 Å². The molecule has 1 amide bonds. The molecule has 3 nitrogen and oxygen atoms in total. The molecule has 0 saturated carbocycles. The van der Waals surface area contributed by atoms with Crippen LogP contribution in [-0.4, -0.2) is 10.9 Å². The SMILES string of the molecule is CC(=O)NC(C)c1ccc(-c2cc(F)cc3cccnc23)cc1. The Bertz CT molecular complexity index is 859. The summed E-state index contributed by atoms with van der Waals surface area (Å²) in [5.41, 5.74) is 3.43. The summed E-state index contributed by atoms with van der Waals surface area (Å²) < 4.78 is 13.9. The first kappa shape index (κ1) is 15.2. The fourth-order valence-corrected chi connectivity index (χ4v) is 2.72. The number of carbonyl (C=O) groups excluding carboxylic acids is 1. The van der Waals surface area contributed by atoms with Gasteiger partial charge < -0.3 is 5.32 Å². The molecule has 2 aromatic carbocycles. The number of fused-ring (bicyclic) bond motifs is 1. The van der Waals surface area contributed by atoms with Gasteiger partial charge in [-0.3, -0.25) is 9.78 Å². The number of carbonyl (C=O) groups is 1. The van der Waals surface area contributed by atoms with Crippen molar-refractivity contribution in [3.63, 3.8) is 0 Å². The molecule has 0 aliphatic rings. The molecule has 0 aliphatic heterocycles. The third kappa shape index (κ3) is 3.21. The van der Waals surface area contributed by atoms with Gasteiger partial charge in [-0.2, -0.15) is 0 Å². The van der Waals surface area contributed by atoms with Gasteiger partial charge in [0, 0.05) is 24.1 Å². The molecule has 0 fully saturated rings. The molecule has 0 spiro atoms. The normalized spacial score (nSPS) is 12.1. The third-order valence-corrected chi connectivity index (χ3v) is 3.81. The highest BCUT2D eigenvalue weighted by atomic mass is 19.1. The number of hydrogen-bond acceptors (Lipinski definition) is 2. The molecule has 3 rings (SSSR count). The molecule has 116 valence electrons. The van der Waals surface area contributed by atoms with E-state index in [2.05, 4.69) is 10.3 Å². The van der Waals surface area contributed by atoms with Crippen molar-refractivity contribution in [3.05, 3.63) is 66.1 Å². The Kier molecular flexibility index (Phi) is 4.06. The van der Waals surface area contributed by atoms with Crippen molar-refractivity contribution >= 4 is 16.8 Å². The maximum atomic E-state index is 13.9. The van der Waals surface area contributed by atoms with Crippen molar-refractivity contribution in [2.24, 2.45) is 0 Å². The highest BCUT2D eigenvalue weighted by molar-refractivity contribution is 5.93. The monoisotopic (exact) mass is 308 g/mol. The zero-order valence-corrected chi connectivity index (χ0v) is 13.0. The second-order valence-corrected chi connectivity index (χ2v) is 5.57. The van der Waals surface area contributed by atoms with Crippen LogP contribution in [0.2, 0.25) is 0 Å². The lowest BCUT2D eigenvalue weighted by Gasteiger charge is -2.14. The summed E-state index contributed by atoms with van der Waals surface area (Å²) in [6.45, 7) is 3.42. The number of aromatic nitrogens is 1. The van der Waals surface area contributed by atoms with E-state index in [9.17, 15) is 9.18 Å². The van der Waals surface area contributed by atoms with E-state index in [1.165, 1.54) is 19.1 Å². The average molecular weight is 308 g/mol. The molecule has 1 N–H and O–H groups in total. The zero-order chi connectivity index (χ0) is 16.4. The number of halogens is 1. The molecule has 23 heavy (non-hydrogen) atoms. The highest BCUT2D eigenvalue weighted by Gasteiger charge is 2.10. The molecular weight excluding hydrogens is 291 g/mol. The molecule has 0 saturated heterocycles. The average Bonchev–Trinajstić information content (AvgIpc) is 2.53. The predicted molar refractivity (Wildman–Crippen MR) is 89.4 cm³/mol. The number of pyridine rings is 1. The lowest BCUT2D eigenvalue weighted by Crippen LogP contribution is -2.23. The van der Waals surface area contributed by atoms with Gasteiger partial charge in [0.2, 0.25) is 5.91 Å². The van der Waals surface area contributed by atoms with Gasteiger partial charge >= 0.3 is 0 Å². The summed E-state index contributed by atoms with van der Waals surface area (Å²) in [5.74, 6) is -0.349. The molecular formula is C19H17FN2O. The summed E-state index contributed by atoms with van der Waals surface area (Å²) in [6, 6.07) is 14.3. The second kappa shape index (κ2) is 6.16. The van der Waals surface area contributed by atoms with E-state index in [0.29, 0.717) is 0 Å². The van der Waals surface area contributed by atoms with Gasteiger partial charge in [0.05, 0.1) is 11.6 Å². The minimum absolute atomic E-state index is 0.0658. The topological polar surface area (TPSA) is 42.0 Å². The minimum atomic E-state index is -0.281. The number of rotatable bonds is 3. The molecule has 1 unspecified atom stereocenters. The van der Waals surface area contributed by atoms with Crippen molar-refractivity contribution in [2.45, 2.75) is 19.9 Å². The quantitative estimate of drug-likeness (QED) is 0.786. The molecule has 0 aliphatic carbocycles. The van der Waals surface area contributed by atoms with E-state index < -0.39 is 0 Å². The second-order valence-electron chi connectivity index (χ2n) is 5.57. The summed E-state index contributed by atoms with van der Waals surface area (Å²) >= 11 is 0. The molecule has 1 aromatic heterocycles. The molecule has 0 radical (unpaired) electrons. The molecule has 1 atom stereocenters. The van der Waals surface area contributed by atoms with Gasteiger partial charge in [-0.15, -0.1) is 0 Å². The van der Waals surface area contributed by atoms with Gasteiger partial charge in [0.1, 0.15) is 5.82 Å². The van der Waals surface area contributed by atoms with Crippen LogP contribution in [0.4, 0.5) is 4.39 Å². The summed E-state index contributed by atoms with van der Waals surface area (Å²) in [6.07, 6.45) is 1.71. The first-order valence-corrected chi connectivity index (χ1v) is 7.46. The number of nitrogens with zero attached hydrogens (tertiary/aromatic N) is 1. The van der Waals surface area contributed by atoms with Gasteiger partial charge in [0.25, 0.3) is 0 Å². The Morgan fingerprint density at radius 2 is 1.91 bits per heavy atom. The largest absolute Gasteiger partial charge is 0.350 e. The Morgan fingerprint density at radius 3 is 2.61 bits per heavy atom. The van der Waals surface area contributed by atoms with E-state index in [1.807, 2.05) is 37.3 Å². The molecule has 4 heteroatoms. The van der Waals surface area contributed by atoms with Crippen molar-refractivity contribution in [2.75, 3.05) is 0 Å². The summed E-state index contributed by atoms with van der Waals surface area (Å²) in [7, 11) is 0. The van der Waals surface area contributed by atoms with Gasteiger partial charge in [-0.05, 0) is 36.2 Å². The van der Waals surface area contributed by atoms with E-state index in [0.717, 1.165) is 27.6 Å². The van der Waals surface area contributed by atoms with Crippen LogP contribution in [0, 0.1) is 5.82 Å². The van der Waals surface area contributed by atoms with Crippen molar-refractivity contribution < 1.29 is 9.18 Å². The zero-order valence-electron chi connectivity index (χ0n) is 13.0. The van der Waals surface area contributed by atoms with Crippen LogP contribution in [-0.2, 0) is 4.79 Å². The Labute approximate surface area is 134 Å². The third-order valence-electron chi connectivity index (χ3n) is 3.81. The van der Waals surface area contributed by atoms with Crippen LogP contribution in [0.25, 0.3) is 22.0 Å². The number of benzene rings is 2. The standard InChI is InChI=1S/C19H17FN2O/c1-12(22-13(2)23)14-5-7-15(8-6-14)18-11-17(20)10-16-4-3-9-21-19(16)18/h3-12H,1-2H3,(H,22,23). The first-order valence-electron chi connectivity index (χ1n) is 7.46. The van der Waals surface area contributed by atoms with Gasteiger partial charge in [-0.25, -0.2) is 4.39 Å². The highest BCUT2D eigenvalue weighted by Crippen LogP contribution is 2.29. The maximum Gasteiger partial charge on any atom is 0.217 e. The number of nitrogens with one attached hydrogen (secondary N) is 1. The smallest absolute Gasteiger partial charge is 0.217 e. The fourth-order valence-electron chi connectivity index (χ4n) is 2.72. The fraction of sp³-hybridized carbons (Fsp3) is 0.158. The number of hydrogen-bond donors (Lipinski definition) is 1. The lowest BCUT2D eigenvalue weighted by molar-refractivity contribution is -0.119. The van der Waals surface area contributed by atoms with Crippen LogP contribution in [0.15, 0.2) is 54.7 Å². The molecule has 0 bridgehead atoms. The van der Waals surface area contributed by atoms with E-state index in [1.54, 1.807) is 12.3 Å². The molecule has 1 heterocycles. The van der Waals surface area contributed by atoms with Crippen LogP contribution < -0.4 is 5.32 Å². The van der Waals surface area contributed by atoms with Gasteiger partial charge in [0.15, 0.2) is 0 Å². The van der Waals surface area contributed by atoms with Gasteiger partial charge in [-0.1, -0.05) is 30.3 Å². The molecule has 3 aromatic rings. The minimum Gasteiger partial charge on any atom is -0.350 e. The first-order chi connectivity index (χ1) is 11.0. The number of amides is 1. The van der Waals surface area contributed by atoms with Crippen LogP contribution in [0.3, 0.4) is 0 Å². The van der Waals surface area contributed by atoms with Crippen LogP contribution in [0.1, 0.15) is 25.5 Å². The van der Waals surface area contributed by atoms with Crippen LogP contribution >= 0.6 is 0 Å². The van der Waals surface area contributed by atoms with Crippen molar-refractivity contribution in [1.82, 2.24) is 10.3 Å². The Hall–Kier alpha value is -2.75. The Morgan fingerprint density at radius 1 is 1.17 bits per heavy atom. The van der Waals surface area contributed by atoms with Crippen molar-refractivity contribution in [3.8, 4) is 11.1 Å².